The molecule has 0 spiro atoms. The highest BCUT2D eigenvalue weighted by molar-refractivity contribution is 6.00. The molecule has 1 heterocycles. The number of para-hydroxylation sites is 2. The molecule has 1 aromatic heterocycles. The number of hydrogen-bond acceptors (Lipinski definition) is 6. The molecule has 0 aliphatic carbocycles. The maximum atomic E-state index is 12.5. The molecule has 1 atom stereocenters. The van der Waals surface area contributed by atoms with E-state index in [0.29, 0.717) is 28.3 Å². The van der Waals surface area contributed by atoms with Gasteiger partial charge in [0.15, 0.2) is 6.10 Å². The van der Waals surface area contributed by atoms with E-state index in [1.807, 2.05) is 0 Å². The van der Waals surface area contributed by atoms with Crippen molar-refractivity contribution in [3.05, 3.63) is 46.8 Å². The van der Waals surface area contributed by atoms with Gasteiger partial charge in [0.25, 0.3) is 5.91 Å². The maximum Gasteiger partial charge on any atom is 0.355 e. The molecular formula is C20H24N2O6. The third-order valence-corrected chi connectivity index (χ3v) is 4.14. The van der Waals surface area contributed by atoms with E-state index in [4.69, 9.17) is 14.2 Å². The molecule has 2 aromatic rings. The number of esters is 2. The van der Waals surface area contributed by atoms with Crippen LogP contribution in [0.4, 0.5) is 5.69 Å². The van der Waals surface area contributed by atoms with Crippen molar-refractivity contribution in [1.82, 2.24) is 4.98 Å². The van der Waals surface area contributed by atoms with E-state index in [1.165, 1.54) is 14.0 Å². The lowest BCUT2D eigenvalue weighted by Crippen LogP contribution is -2.30. The minimum absolute atomic E-state index is 0.109. The molecule has 2 N–H and O–H groups in total. The fraction of sp³-hybridized carbons (Fsp3) is 0.350. The van der Waals surface area contributed by atoms with Crippen molar-refractivity contribution in [3.63, 3.8) is 0 Å². The number of hydrogen-bond donors (Lipinski definition) is 2. The molecule has 1 amide bonds. The lowest BCUT2D eigenvalue weighted by molar-refractivity contribution is -0.123. The summed E-state index contributed by atoms with van der Waals surface area (Å²) in [5.41, 5.74) is 1.78. The Balaban J connectivity index is 2.11. The van der Waals surface area contributed by atoms with E-state index in [9.17, 15) is 14.4 Å². The molecule has 0 saturated carbocycles. The Morgan fingerprint density at radius 3 is 2.46 bits per heavy atom. The average molecular weight is 388 g/mol. The van der Waals surface area contributed by atoms with Gasteiger partial charge in [0.2, 0.25) is 0 Å². The first-order chi connectivity index (χ1) is 13.3. The molecular weight excluding hydrogens is 364 g/mol. The van der Waals surface area contributed by atoms with Crippen LogP contribution in [-0.2, 0) is 14.3 Å². The summed E-state index contributed by atoms with van der Waals surface area (Å²) in [4.78, 5) is 39.7. The van der Waals surface area contributed by atoms with Crippen molar-refractivity contribution in [2.24, 2.45) is 0 Å². The van der Waals surface area contributed by atoms with Gasteiger partial charge in [0, 0.05) is 5.69 Å². The number of amides is 1. The SMILES string of the molecule is CCOC(=O)c1c(C)[nH]c(C(=O)O[C@H](C)C(=O)Nc2ccccc2OC)c1C. The number of carbonyl (C=O) groups excluding carboxylic acids is 3. The zero-order valence-corrected chi connectivity index (χ0v) is 16.5. The summed E-state index contributed by atoms with van der Waals surface area (Å²) >= 11 is 0. The smallest absolute Gasteiger partial charge is 0.355 e. The first kappa shape index (κ1) is 21.0. The van der Waals surface area contributed by atoms with Gasteiger partial charge in [-0.15, -0.1) is 0 Å². The Kier molecular flexibility index (Phi) is 6.81. The lowest BCUT2D eigenvalue weighted by Gasteiger charge is -2.15. The second-order valence-electron chi connectivity index (χ2n) is 6.08. The molecule has 0 aliphatic rings. The third kappa shape index (κ3) is 4.51. The average Bonchev–Trinajstić information content (AvgIpc) is 2.96. The maximum absolute atomic E-state index is 12.5. The molecule has 8 heteroatoms. The summed E-state index contributed by atoms with van der Waals surface area (Å²) in [6.07, 6.45) is -1.06. The molecule has 2 rings (SSSR count). The molecule has 28 heavy (non-hydrogen) atoms. The largest absolute Gasteiger partial charge is 0.495 e. The van der Waals surface area contributed by atoms with E-state index in [1.54, 1.807) is 45.0 Å². The highest BCUT2D eigenvalue weighted by Crippen LogP contribution is 2.24. The van der Waals surface area contributed by atoms with E-state index < -0.39 is 23.9 Å². The number of benzene rings is 1. The molecule has 0 aliphatic heterocycles. The summed E-state index contributed by atoms with van der Waals surface area (Å²) in [5.74, 6) is -1.28. The summed E-state index contributed by atoms with van der Waals surface area (Å²) in [6.45, 7) is 6.66. The number of aromatic nitrogens is 1. The molecule has 0 bridgehead atoms. The zero-order valence-electron chi connectivity index (χ0n) is 16.5. The van der Waals surface area contributed by atoms with Crippen molar-refractivity contribution in [3.8, 4) is 5.75 Å². The van der Waals surface area contributed by atoms with Crippen LogP contribution in [-0.4, -0.2) is 42.7 Å². The van der Waals surface area contributed by atoms with Crippen molar-refractivity contribution < 1.29 is 28.6 Å². The van der Waals surface area contributed by atoms with Gasteiger partial charge in [-0.1, -0.05) is 12.1 Å². The topological polar surface area (TPSA) is 107 Å². The Morgan fingerprint density at radius 2 is 1.82 bits per heavy atom. The first-order valence-electron chi connectivity index (χ1n) is 8.81. The van der Waals surface area contributed by atoms with Crippen LogP contribution < -0.4 is 10.1 Å². The summed E-state index contributed by atoms with van der Waals surface area (Å²) in [7, 11) is 1.49. The molecule has 150 valence electrons. The van der Waals surface area contributed by atoms with Crippen molar-refractivity contribution in [1.29, 1.82) is 0 Å². The fourth-order valence-corrected chi connectivity index (χ4v) is 2.72. The highest BCUT2D eigenvalue weighted by atomic mass is 16.5. The Bertz CT molecular complexity index is 887. The van der Waals surface area contributed by atoms with Crippen LogP contribution >= 0.6 is 0 Å². The van der Waals surface area contributed by atoms with Gasteiger partial charge >= 0.3 is 11.9 Å². The van der Waals surface area contributed by atoms with Crippen LogP contribution in [0.1, 0.15) is 46.0 Å². The summed E-state index contributed by atoms with van der Waals surface area (Å²) in [5, 5.41) is 2.66. The van der Waals surface area contributed by atoms with Crippen molar-refractivity contribution in [2.75, 3.05) is 19.0 Å². The fourth-order valence-electron chi connectivity index (χ4n) is 2.72. The standard InChI is InChI=1S/C20H24N2O6/c1-6-27-19(24)16-11(2)17(21-12(16)3)20(25)28-13(4)18(23)22-14-9-7-8-10-15(14)26-5/h7-10,13,21H,6H2,1-5H3,(H,22,23)/t13-/m1/s1. The minimum Gasteiger partial charge on any atom is -0.495 e. The van der Waals surface area contributed by atoms with Crippen molar-refractivity contribution in [2.45, 2.75) is 33.8 Å². The second-order valence-corrected chi connectivity index (χ2v) is 6.08. The summed E-state index contributed by atoms with van der Waals surface area (Å²) < 4.78 is 15.4. The molecule has 0 fully saturated rings. The summed E-state index contributed by atoms with van der Waals surface area (Å²) in [6, 6.07) is 6.90. The number of aryl methyl sites for hydroxylation is 1. The highest BCUT2D eigenvalue weighted by Gasteiger charge is 2.26. The van der Waals surface area contributed by atoms with Crippen LogP contribution in [0.25, 0.3) is 0 Å². The second kappa shape index (κ2) is 9.07. The number of aromatic amines is 1. The number of nitrogens with one attached hydrogen (secondary N) is 2. The van der Waals surface area contributed by atoms with Gasteiger partial charge in [0.1, 0.15) is 11.4 Å². The number of rotatable bonds is 7. The molecule has 0 unspecified atom stereocenters. The Labute approximate surface area is 163 Å². The third-order valence-electron chi connectivity index (χ3n) is 4.14. The van der Waals surface area contributed by atoms with Gasteiger partial charge in [-0.25, -0.2) is 9.59 Å². The normalized spacial score (nSPS) is 11.5. The van der Waals surface area contributed by atoms with Gasteiger partial charge in [0.05, 0.1) is 25.0 Å². The molecule has 0 saturated heterocycles. The predicted molar refractivity (Wildman–Crippen MR) is 103 cm³/mol. The van der Waals surface area contributed by atoms with E-state index in [0.717, 1.165) is 0 Å². The number of methoxy groups -OCH3 is 1. The first-order valence-corrected chi connectivity index (χ1v) is 8.81. The van der Waals surface area contributed by atoms with E-state index in [-0.39, 0.29) is 12.3 Å². The zero-order chi connectivity index (χ0) is 20.8. The Hall–Kier alpha value is -3.29. The van der Waals surface area contributed by atoms with Crippen LogP contribution in [0.15, 0.2) is 24.3 Å². The van der Waals surface area contributed by atoms with Gasteiger partial charge < -0.3 is 24.5 Å². The minimum atomic E-state index is -1.06. The van der Waals surface area contributed by atoms with Crippen LogP contribution in [0.5, 0.6) is 5.75 Å². The monoisotopic (exact) mass is 388 g/mol. The van der Waals surface area contributed by atoms with Gasteiger partial charge in [-0.05, 0) is 45.4 Å². The predicted octanol–water partition coefficient (Wildman–Crippen LogP) is 3.00. The number of ether oxygens (including phenoxy) is 3. The Morgan fingerprint density at radius 1 is 1.14 bits per heavy atom. The van der Waals surface area contributed by atoms with Crippen molar-refractivity contribution >= 4 is 23.5 Å². The number of H-pyrrole nitrogens is 1. The quantitative estimate of drug-likeness (QED) is 0.706. The lowest BCUT2D eigenvalue weighted by atomic mass is 10.1. The van der Waals surface area contributed by atoms with Crippen LogP contribution in [0.3, 0.4) is 0 Å². The number of carbonyl (C=O) groups is 3. The van der Waals surface area contributed by atoms with Gasteiger partial charge in [-0.2, -0.15) is 0 Å². The number of anilines is 1. The van der Waals surface area contributed by atoms with E-state index >= 15 is 0 Å². The molecule has 1 aromatic carbocycles. The van der Waals surface area contributed by atoms with E-state index in [2.05, 4.69) is 10.3 Å². The van der Waals surface area contributed by atoms with Crippen LogP contribution in [0, 0.1) is 13.8 Å². The van der Waals surface area contributed by atoms with Gasteiger partial charge in [-0.3, -0.25) is 4.79 Å². The molecule has 0 radical (unpaired) electrons. The van der Waals surface area contributed by atoms with Crippen LogP contribution in [0.2, 0.25) is 0 Å². The molecule has 8 nitrogen and oxygen atoms in total.